The first-order valence-corrected chi connectivity index (χ1v) is 12.3. The maximum absolute atomic E-state index is 13.5. The predicted octanol–water partition coefficient (Wildman–Crippen LogP) is 3.63. The summed E-state index contributed by atoms with van der Waals surface area (Å²) in [6.45, 7) is 0. The van der Waals surface area contributed by atoms with Gasteiger partial charge in [-0.3, -0.25) is 9.46 Å². The summed E-state index contributed by atoms with van der Waals surface area (Å²) < 4.78 is 38.3. The highest BCUT2D eigenvalue weighted by Crippen LogP contribution is 2.42. The van der Waals surface area contributed by atoms with Gasteiger partial charge in [-0.1, -0.05) is 18.2 Å². The van der Waals surface area contributed by atoms with Crippen LogP contribution in [0.1, 0.15) is 36.1 Å². The zero-order chi connectivity index (χ0) is 25.3. The Kier molecular flexibility index (Phi) is 6.91. The normalized spacial score (nSPS) is 19.0. The molecular weight excluding hydrogens is 481 g/mol. The van der Waals surface area contributed by atoms with Gasteiger partial charge in [-0.05, 0) is 66.9 Å². The fourth-order valence-corrected chi connectivity index (χ4v) is 4.79. The smallest absolute Gasteiger partial charge is 0.356 e. The number of carbonyl (C=O) groups is 1. The summed E-state index contributed by atoms with van der Waals surface area (Å²) in [5.41, 5.74) is 1.05. The number of halogens is 2. The lowest BCUT2D eigenvalue weighted by molar-refractivity contribution is 0.159. The van der Waals surface area contributed by atoms with Crippen LogP contribution in [0.3, 0.4) is 0 Å². The van der Waals surface area contributed by atoms with Crippen LogP contribution >= 0.6 is 7.60 Å². The number of benzene rings is 3. The van der Waals surface area contributed by atoms with Crippen molar-refractivity contribution in [3.63, 3.8) is 0 Å². The molecule has 35 heavy (non-hydrogen) atoms. The molecule has 2 amide bonds. The van der Waals surface area contributed by atoms with Crippen molar-refractivity contribution in [2.75, 3.05) is 4.90 Å². The largest absolute Gasteiger partial charge is 0.508 e. The van der Waals surface area contributed by atoms with E-state index in [0.717, 1.165) is 6.07 Å². The Morgan fingerprint density at radius 1 is 0.971 bits per heavy atom. The molecule has 0 spiro atoms. The lowest BCUT2D eigenvalue weighted by atomic mass is 9.93. The number of carbonyl (C=O) groups excluding carboxylic acids is 1. The molecule has 0 radical (unpaired) electrons. The summed E-state index contributed by atoms with van der Waals surface area (Å²) in [7, 11) is -4.62. The number of aliphatic hydroxyl groups is 1. The first-order valence-electron chi connectivity index (χ1n) is 10.7. The molecule has 1 aliphatic rings. The van der Waals surface area contributed by atoms with E-state index in [1.54, 1.807) is 0 Å². The van der Waals surface area contributed by atoms with Crippen LogP contribution < -0.4 is 15.5 Å². The van der Waals surface area contributed by atoms with Gasteiger partial charge in [0.2, 0.25) is 0 Å². The molecule has 11 heteroatoms. The van der Waals surface area contributed by atoms with Gasteiger partial charge in [0.15, 0.2) is 0 Å². The van der Waals surface area contributed by atoms with E-state index >= 15 is 0 Å². The maximum Gasteiger partial charge on any atom is 0.356 e. The third-order valence-electron chi connectivity index (χ3n) is 5.97. The van der Waals surface area contributed by atoms with Crippen molar-refractivity contribution < 1.29 is 38.1 Å². The van der Waals surface area contributed by atoms with Crippen molar-refractivity contribution in [2.45, 2.75) is 31.0 Å². The van der Waals surface area contributed by atoms with E-state index < -0.39 is 49.2 Å². The molecular formula is C24H23F2N2O6P. The van der Waals surface area contributed by atoms with Crippen molar-refractivity contribution in [3.8, 4) is 5.75 Å². The van der Waals surface area contributed by atoms with Crippen LogP contribution in [-0.2, 0) is 4.57 Å². The number of hydrogen-bond acceptors (Lipinski definition) is 4. The molecule has 3 atom stereocenters. The van der Waals surface area contributed by atoms with Crippen LogP contribution in [0.15, 0.2) is 66.7 Å². The first-order chi connectivity index (χ1) is 16.5. The number of hydrogen-bond donors (Lipinski definition) is 5. The molecule has 1 unspecified atom stereocenters. The van der Waals surface area contributed by atoms with Gasteiger partial charge in [0, 0.05) is 11.3 Å². The minimum Gasteiger partial charge on any atom is -0.508 e. The van der Waals surface area contributed by atoms with E-state index in [9.17, 15) is 38.1 Å². The van der Waals surface area contributed by atoms with Crippen LogP contribution in [0.2, 0.25) is 0 Å². The van der Waals surface area contributed by atoms with Crippen molar-refractivity contribution in [2.24, 2.45) is 0 Å². The summed E-state index contributed by atoms with van der Waals surface area (Å²) in [5, 5.41) is 23.6. The number of phenolic OH excluding ortho intramolecular Hbond substituents is 1. The molecule has 1 heterocycles. The average Bonchev–Trinajstić information content (AvgIpc) is 3.13. The van der Waals surface area contributed by atoms with Crippen LogP contribution in [0.5, 0.6) is 5.75 Å². The van der Waals surface area contributed by atoms with Crippen molar-refractivity contribution in [3.05, 3.63) is 89.5 Å². The Bertz CT molecular complexity index is 1270. The third-order valence-corrected chi connectivity index (χ3v) is 6.92. The molecule has 0 saturated carbocycles. The van der Waals surface area contributed by atoms with Crippen LogP contribution in [0, 0.1) is 11.6 Å². The minimum atomic E-state index is -4.62. The summed E-state index contributed by atoms with van der Waals surface area (Å²) in [4.78, 5) is 33.1. The van der Waals surface area contributed by atoms with Gasteiger partial charge < -0.3 is 25.3 Å². The molecule has 3 aromatic carbocycles. The number of anilines is 1. The van der Waals surface area contributed by atoms with E-state index in [-0.39, 0.29) is 23.7 Å². The van der Waals surface area contributed by atoms with Gasteiger partial charge in [0.1, 0.15) is 17.4 Å². The zero-order valence-corrected chi connectivity index (χ0v) is 19.1. The second-order valence-electron chi connectivity index (χ2n) is 8.28. The molecule has 1 saturated heterocycles. The van der Waals surface area contributed by atoms with Gasteiger partial charge in [-0.25, -0.2) is 13.6 Å². The average molecular weight is 504 g/mol. The van der Waals surface area contributed by atoms with E-state index in [4.69, 9.17) is 0 Å². The number of nitrogens with zero attached hydrogens (tertiary/aromatic N) is 1. The van der Waals surface area contributed by atoms with E-state index in [1.807, 2.05) is 0 Å². The highest BCUT2D eigenvalue weighted by molar-refractivity contribution is 7.60. The predicted molar refractivity (Wildman–Crippen MR) is 124 cm³/mol. The molecule has 3 aromatic rings. The number of phenols is 1. The SMILES string of the molecule is O=C1N[C@H](CCC(O)c2ccc(F)cc2)[C@@H](c2ccc(P(=O)(O)O)cc2O)N1c1ccc(F)cc1. The molecule has 8 nitrogen and oxygen atoms in total. The highest BCUT2D eigenvalue weighted by Gasteiger charge is 2.42. The molecule has 1 fully saturated rings. The van der Waals surface area contributed by atoms with Gasteiger partial charge in [-0.15, -0.1) is 0 Å². The summed E-state index contributed by atoms with van der Waals surface area (Å²) in [6, 6.07) is 12.0. The Labute approximate surface area is 199 Å². The molecule has 0 aliphatic carbocycles. The van der Waals surface area contributed by atoms with E-state index in [0.29, 0.717) is 11.3 Å². The minimum absolute atomic E-state index is 0.186. The summed E-state index contributed by atoms with van der Waals surface area (Å²) in [5.74, 6) is -1.37. The molecule has 0 aromatic heterocycles. The zero-order valence-electron chi connectivity index (χ0n) is 18.3. The monoisotopic (exact) mass is 504 g/mol. The van der Waals surface area contributed by atoms with Crippen molar-refractivity contribution >= 4 is 24.6 Å². The molecule has 4 rings (SSSR count). The van der Waals surface area contributed by atoms with Crippen molar-refractivity contribution in [1.29, 1.82) is 0 Å². The number of rotatable bonds is 7. The number of nitrogens with one attached hydrogen (secondary N) is 1. The van der Waals surface area contributed by atoms with Crippen LogP contribution in [-0.4, -0.2) is 32.1 Å². The number of urea groups is 1. The molecule has 0 bridgehead atoms. The Hall–Kier alpha value is -3.30. The number of amides is 2. The van der Waals surface area contributed by atoms with Crippen molar-refractivity contribution in [1.82, 2.24) is 5.32 Å². The van der Waals surface area contributed by atoms with Gasteiger partial charge in [-0.2, -0.15) is 0 Å². The fourth-order valence-electron chi connectivity index (χ4n) is 4.23. The summed E-state index contributed by atoms with van der Waals surface area (Å²) >= 11 is 0. The standard InChI is InChI=1S/C24H23F2N2O6P/c25-15-3-1-14(2-4-15)21(29)12-11-20-23(19-10-9-18(13-22(19)30)35(32,33)34)28(24(31)27-20)17-7-5-16(26)6-8-17/h1-10,13,20-21,23,29-30H,11-12H2,(H,27,31)(H2,32,33,34)/t20-,21?,23-/m1/s1. The van der Waals surface area contributed by atoms with E-state index in [2.05, 4.69) is 5.32 Å². The number of aliphatic hydroxyl groups excluding tert-OH is 1. The van der Waals surface area contributed by atoms with Gasteiger partial charge in [0.25, 0.3) is 0 Å². The Balaban J connectivity index is 1.67. The van der Waals surface area contributed by atoms with Gasteiger partial charge in [0.05, 0.1) is 23.5 Å². The van der Waals surface area contributed by atoms with E-state index in [1.165, 1.54) is 65.6 Å². The maximum atomic E-state index is 13.5. The molecule has 1 aliphatic heterocycles. The second-order valence-corrected chi connectivity index (χ2v) is 9.88. The first kappa shape index (κ1) is 24.8. The second kappa shape index (κ2) is 9.75. The lowest BCUT2D eigenvalue weighted by Crippen LogP contribution is -2.30. The number of aromatic hydroxyl groups is 1. The molecule has 184 valence electrons. The van der Waals surface area contributed by atoms with Crippen LogP contribution in [0.4, 0.5) is 19.3 Å². The quantitative estimate of drug-likeness (QED) is 0.313. The Morgan fingerprint density at radius 2 is 1.57 bits per heavy atom. The lowest BCUT2D eigenvalue weighted by Gasteiger charge is -2.28. The van der Waals surface area contributed by atoms with Crippen LogP contribution in [0.25, 0.3) is 0 Å². The molecule has 5 N–H and O–H groups in total. The third kappa shape index (κ3) is 5.36. The topological polar surface area (TPSA) is 130 Å². The summed E-state index contributed by atoms with van der Waals surface area (Å²) in [6.07, 6.45) is -0.517. The fraction of sp³-hybridized carbons (Fsp3) is 0.208. The Morgan fingerprint density at radius 3 is 2.14 bits per heavy atom. The van der Waals surface area contributed by atoms with Gasteiger partial charge >= 0.3 is 13.6 Å². The highest BCUT2D eigenvalue weighted by atomic mass is 31.2.